The van der Waals surface area contributed by atoms with Gasteiger partial charge in [-0.1, -0.05) is 6.08 Å². The maximum atomic E-state index is 11.2. The molecular formula is C9H15NO2. The van der Waals surface area contributed by atoms with Gasteiger partial charge in [-0.25, -0.2) is 0 Å². The zero-order valence-electron chi connectivity index (χ0n) is 7.83. The van der Waals surface area contributed by atoms with E-state index in [1.165, 1.54) is 13.2 Å². The number of hydrogen-bond acceptors (Lipinski definition) is 2. The summed E-state index contributed by atoms with van der Waals surface area (Å²) in [6.07, 6.45) is 3.12. The van der Waals surface area contributed by atoms with E-state index in [0.29, 0.717) is 12.3 Å². The number of allylic oxidation sites excluding steroid dienone is 1. The van der Waals surface area contributed by atoms with E-state index in [1.807, 2.05) is 0 Å². The summed E-state index contributed by atoms with van der Waals surface area (Å²) in [6.45, 7) is 5.82. The van der Waals surface area contributed by atoms with Gasteiger partial charge in [0.2, 0.25) is 5.91 Å². The maximum absolute atomic E-state index is 11.2. The molecule has 12 heavy (non-hydrogen) atoms. The summed E-state index contributed by atoms with van der Waals surface area (Å²) in [6, 6.07) is 0. The smallest absolute Gasteiger partial charge is 0.249 e. The van der Waals surface area contributed by atoms with Gasteiger partial charge < -0.3 is 9.64 Å². The molecule has 0 fully saturated rings. The van der Waals surface area contributed by atoms with Crippen LogP contribution in [0.2, 0.25) is 0 Å². The van der Waals surface area contributed by atoms with Crippen LogP contribution < -0.4 is 0 Å². The van der Waals surface area contributed by atoms with Crippen LogP contribution >= 0.6 is 0 Å². The summed E-state index contributed by atoms with van der Waals surface area (Å²) >= 11 is 0. The molecule has 0 bridgehead atoms. The Bertz CT molecular complexity index is 197. The fraction of sp³-hybridized carbons (Fsp3) is 0.444. The number of likely N-dealkylation sites (N-methyl/N-ethyl adjacent to an activating group) is 1. The molecule has 0 spiro atoms. The molecule has 0 radical (unpaired) electrons. The Labute approximate surface area is 73.3 Å². The molecule has 68 valence electrons. The fourth-order valence-electron chi connectivity index (χ4n) is 0.627. The van der Waals surface area contributed by atoms with Crippen LogP contribution in [0.25, 0.3) is 0 Å². The first-order valence-electron chi connectivity index (χ1n) is 3.70. The highest BCUT2D eigenvalue weighted by Gasteiger charge is 2.03. The number of methoxy groups -OCH3 is 1. The number of nitrogens with zero attached hydrogens (tertiary/aromatic N) is 1. The minimum atomic E-state index is -0.0748. The van der Waals surface area contributed by atoms with Crippen molar-refractivity contribution in [1.82, 2.24) is 4.90 Å². The van der Waals surface area contributed by atoms with E-state index < -0.39 is 0 Å². The summed E-state index contributed by atoms with van der Waals surface area (Å²) in [4.78, 5) is 12.8. The zero-order valence-corrected chi connectivity index (χ0v) is 7.83. The number of amides is 1. The number of ether oxygens (including phenoxy) is 1. The first-order chi connectivity index (χ1) is 5.61. The number of carbonyl (C=O) groups is 1. The lowest BCUT2D eigenvalue weighted by molar-refractivity contribution is -0.124. The van der Waals surface area contributed by atoms with Gasteiger partial charge in [-0.2, -0.15) is 0 Å². The van der Waals surface area contributed by atoms with Gasteiger partial charge >= 0.3 is 0 Å². The molecule has 0 saturated carbocycles. The molecule has 0 saturated heterocycles. The van der Waals surface area contributed by atoms with Crippen molar-refractivity contribution in [1.29, 1.82) is 0 Å². The van der Waals surface area contributed by atoms with E-state index in [9.17, 15) is 4.79 Å². The molecule has 1 amide bonds. The second-order valence-corrected chi connectivity index (χ2v) is 2.47. The highest BCUT2D eigenvalue weighted by Crippen LogP contribution is 1.95. The highest BCUT2D eigenvalue weighted by atomic mass is 16.5. The molecule has 0 atom stereocenters. The average Bonchev–Trinajstić information content (AvgIpc) is 2.04. The van der Waals surface area contributed by atoms with Gasteiger partial charge in [0.15, 0.2) is 0 Å². The van der Waals surface area contributed by atoms with Crippen molar-refractivity contribution in [3.8, 4) is 0 Å². The van der Waals surface area contributed by atoms with E-state index in [0.717, 1.165) is 0 Å². The Hall–Kier alpha value is -1.25. The van der Waals surface area contributed by atoms with E-state index in [2.05, 4.69) is 6.58 Å². The third-order valence-corrected chi connectivity index (χ3v) is 1.43. The van der Waals surface area contributed by atoms with Crippen LogP contribution in [0.5, 0.6) is 0 Å². The lowest BCUT2D eigenvalue weighted by Crippen LogP contribution is -2.24. The minimum absolute atomic E-state index is 0.0748. The predicted molar refractivity (Wildman–Crippen MR) is 48.6 cm³/mol. The van der Waals surface area contributed by atoms with Crippen molar-refractivity contribution >= 4 is 5.91 Å². The molecule has 0 heterocycles. The minimum Gasteiger partial charge on any atom is -0.501 e. The van der Waals surface area contributed by atoms with Gasteiger partial charge in [-0.05, 0) is 6.92 Å². The second-order valence-electron chi connectivity index (χ2n) is 2.47. The quantitative estimate of drug-likeness (QED) is 0.359. The van der Waals surface area contributed by atoms with Crippen LogP contribution in [0.4, 0.5) is 0 Å². The number of carbonyl (C=O) groups excluding carboxylic acids is 1. The van der Waals surface area contributed by atoms with Crippen LogP contribution in [-0.4, -0.2) is 31.5 Å². The Morgan fingerprint density at radius 1 is 1.67 bits per heavy atom. The van der Waals surface area contributed by atoms with Crippen LogP contribution in [-0.2, 0) is 9.53 Å². The normalized spacial score (nSPS) is 10.8. The monoisotopic (exact) mass is 169 g/mol. The van der Waals surface area contributed by atoms with E-state index in [1.54, 1.807) is 24.9 Å². The molecule has 3 heteroatoms. The Balaban J connectivity index is 4.11. The van der Waals surface area contributed by atoms with E-state index in [4.69, 9.17) is 4.74 Å². The van der Waals surface area contributed by atoms with Crippen molar-refractivity contribution < 1.29 is 9.53 Å². The number of hydrogen-bond donors (Lipinski definition) is 0. The van der Waals surface area contributed by atoms with Gasteiger partial charge in [0.1, 0.15) is 0 Å². The van der Waals surface area contributed by atoms with Gasteiger partial charge in [0.25, 0.3) is 0 Å². The predicted octanol–water partition coefficient (Wildman–Crippen LogP) is 1.18. The molecule has 0 rings (SSSR count). The zero-order chi connectivity index (χ0) is 9.56. The summed E-state index contributed by atoms with van der Waals surface area (Å²) in [5, 5.41) is 0. The van der Waals surface area contributed by atoms with Crippen molar-refractivity contribution in [2.45, 2.75) is 6.92 Å². The van der Waals surface area contributed by atoms with Crippen molar-refractivity contribution in [2.75, 3.05) is 20.7 Å². The molecule has 0 aromatic carbocycles. The van der Waals surface area contributed by atoms with Crippen LogP contribution in [0.3, 0.4) is 0 Å². The maximum Gasteiger partial charge on any atom is 0.249 e. The third-order valence-electron chi connectivity index (χ3n) is 1.43. The first kappa shape index (κ1) is 10.8. The Morgan fingerprint density at radius 3 is 2.67 bits per heavy atom. The molecule has 0 aromatic heterocycles. The largest absolute Gasteiger partial charge is 0.501 e. The summed E-state index contributed by atoms with van der Waals surface area (Å²) in [7, 11) is 3.25. The molecule has 0 aliphatic carbocycles. The summed E-state index contributed by atoms with van der Waals surface area (Å²) in [5.41, 5.74) is 0. The highest BCUT2D eigenvalue weighted by molar-refractivity contribution is 5.87. The first-order valence-corrected chi connectivity index (χ1v) is 3.70. The molecule has 0 aromatic rings. The van der Waals surface area contributed by atoms with E-state index in [-0.39, 0.29) is 5.91 Å². The standard InChI is InChI=1S/C9H15NO2/c1-5-6-10(3)9(11)7-8(2)12-4/h5,7H,1,6H2,2-4H3/b8-7+. The Morgan fingerprint density at radius 2 is 2.25 bits per heavy atom. The van der Waals surface area contributed by atoms with Gasteiger partial charge in [0, 0.05) is 19.7 Å². The summed E-state index contributed by atoms with van der Waals surface area (Å²) in [5.74, 6) is 0.533. The lowest BCUT2D eigenvalue weighted by Gasteiger charge is -2.12. The summed E-state index contributed by atoms with van der Waals surface area (Å²) < 4.78 is 4.84. The van der Waals surface area contributed by atoms with Crippen LogP contribution in [0.15, 0.2) is 24.5 Å². The van der Waals surface area contributed by atoms with Gasteiger partial charge in [-0.15, -0.1) is 6.58 Å². The van der Waals surface area contributed by atoms with Gasteiger partial charge in [-0.3, -0.25) is 4.79 Å². The molecule has 0 unspecified atom stereocenters. The van der Waals surface area contributed by atoms with Crippen LogP contribution in [0, 0.1) is 0 Å². The van der Waals surface area contributed by atoms with Crippen molar-refractivity contribution in [2.24, 2.45) is 0 Å². The average molecular weight is 169 g/mol. The number of rotatable bonds is 4. The SMILES string of the molecule is C=CCN(C)C(=O)/C=C(\C)OC. The lowest BCUT2D eigenvalue weighted by atomic mass is 10.4. The molecule has 0 aliphatic heterocycles. The van der Waals surface area contributed by atoms with Gasteiger partial charge in [0.05, 0.1) is 12.9 Å². The second kappa shape index (κ2) is 5.41. The third kappa shape index (κ3) is 3.81. The molecule has 3 nitrogen and oxygen atoms in total. The van der Waals surface area contributed by atoms with Crippen molar-refractivity contribution in [3.63, 3.8) is 0 Å². The molecule has 0 N–H and O–H groups in total. The van der Waals surface area contributed by atoms with E-state index >= 15 is 0 Å². The molecular weight excluding hydrogens is 154 g/mol. The molecule has 0 aliphatic rings. The fourth-order valence-corrected chi connectivity index (χ4v) is 0.627. The Kier molecular flexibility index (Phi) is 4.84. The van der Waals surface area contributed by atoms with Crippen LogP contribution in [0.1, 0.15) is 6.92 Å². The topological polar surface area (TPSA) is 29.5 Å². The van der Waals surface area contributed by atoms with Crippen molar-refractivity contribution in [3.05, 3.63) is 24.5 Å².